The monoisotopic (exact) mass is 393 g/mol. The van der Waals surface area contributed by atoms with Crippen LogP contribution in [0.2, 0.25) is 0 Å². The number of hydrogen-bond acceptors (Lipinski definition) is 3. The zero-order valence-corrected chi connectivity index (χ0v) is 15.5. The molecule has 124 valence electrons. The molecular weight excluding hydrogens is 378 g/mol. The summed E-state index contributed by atoms with van der Waals surface area (Å²) in [5, 5.41) is 0. The highest BCUT2D eigenvalue weighted by molar-refractivity contribution is 9.10. The van der Waals surface area contributed by atoms with Crippen LogP contribution in [-0.4, -0.2) is 17.3 Å². The Morgan fingerprint density at radius 2 is 1.76 bits per heavy atom. The average molecular weight is 394 g/mol. The smallest absolute Gasteiger partial charge is 0.173 e. The summed E-state index contributed by atoms with van der Waals surface area (Å²) < 4.78 is 0.928. The molecule has 0 saturated carbocycles. The fourth-order valence-corrected chi connectivity index (χ4v) is 4.40. The number of benzene rings is 2. The van der Waals surface area contributed by atoms with Crippen molar-refractivity contribution in [2.75, 3.05) is 0 Å². The molecule has 1 heterocycles. The lowest BCUT2D eigenvalue weighted by molar-refractivity contribution is -0.114. The van der Waals surface area contributed by atoms with Crippen LogP contribution in [0.3, 0.4) is 0 Å². The lowest BCUT2D eigenvalue weighted by Gasteiger charge is -2.30. The van der Waals surface area contributed by atoms with Crippen molar-refractivity contribution in [2.24, 2.45) is 10.9 Å². The van der Waals surface area contributed by atoms with Crippen LogP contribution in [0.5, 0.6) is 0 Å². The molecule has 2 aliphatic rings. The topological polar surface area (TPSA) is 46.5 Å². The van der Waals surface area contributed by atoms with E-state index in [1.807, 2.05) is 55.5 Å². The first-order chi connectivity index (χ1) is 12.0. The summed E-state index contributed by atoms with van der Waals surface area (Å²) in [6.07, 6.45) is 0. The molecule has 3 nitrogen and oxygen atoms in total. The minimum atomic E-state index is -0.436. The van der Waals surface area contributed by atoms with Crippen LogP contribution in [0.4, 0.5) is 0 Å². The highest BCUT2D eigenvalue weighted by Crippen LogP contribution is 2.46. The number of carbonyl (C=O) groups excluding carboxylic acids is 2. The number of carbonyl (C=O) groups is 2. The van der Waals surface area contributed by atoms with E-state index in [0.29, 0.717) is 16.8 Å². The van der Waals surface area contributed by atoms with E-state index in [1.54, 1.807) is 6.92 Å². The SMILES string of the molecule is CC(=O)C1=C(C)N=C2c3ccccc3C(=O)[C@H]2[C@@H]1c1cccc(Br)c1. The molecule has 2 aromatic rings. The minimum Gasteiger partial charge on any atom is -0.295 e. The van der Waals surface area contributed by atoms with Gasteiger partial charge < -0.3 is 0 Å². The average Bonchev–Trinajstić information content (AvgIpc) is 2.86. The van der Waals surface area contributed by atoms with Gasteiger partial charge in [0.05, 0.1) is 11.6 Å². The highest BCUT2D eigenvalue weighted by atomic mass is 79.9. The third kappa shape index (κ3) is 2.44. The third-order valence-corrected chi connectivity index (χ3v) is 5.45. The van der Waals surface area contributed by atoms with Gasteiger partial charge in [-0.05, 0) is 31.5 Å². The molecule has 2 atom stereocenters. The standard InChI is InChI=1S/C21H16BrNO2/c1-11-17(12(2)24)18(13-6-5-7-14(22)10-13)19-20(23-11)15-8-3-4-9-16(15)21(19)25/h3-10,18-19H,1-2H3/t18-,19+/m1/s1. The van der Waals surface area contributed by atoms with Gasteiger partial charge in [-0.1, -0.05) is 52.3 Å². The predicted molar refractivity (Wildman–Crippen MR) is 101 cm³/mol. The normalized spacial score (nSPS) is 21.7. The summed E-state index contributed by atoms with van der Waals surface area (Å²) >= 11 is 3.50. The zero-order valence-electron chi connectivity index (χ0n) is 13.9. The Balaban J connectivity index is 1.98. The quantitative estimate of drug-likeness (QED) is 0.741. The Kier molecular flexibility index (Phi) is 3.80. The van der Waals surface area contributed by atoms with E-state index >= 15 is 0 Å². The molecule has 0 saturated heterocycles. The fourth-order valence-electron chi connectivity index (χ4n) is 3.99. The molecule has 0 bridgehead atoms. The maximum atomic E-state index is 13.1. The van der Waals surface area contributed by atoms with Gasteiger partial charge >= 0.3 is 0 Å². The van der Waals surface area contributed by atoms with Gasteiger partial charge in [-0.2, -0.15) is 0 Å². The minimum absolute atomic E-state index is 0.0333. The Labute approximate surface area is 154 Å². The van der Waals surface area contributed by atoms with Crippen LogP contribution in [0, 0.1) is 5.92 Å². The second kappa shape index (κ2) is 5.88. The maximum Gasteiger partial charge on any atom is 0.173 e. The number of allylic oxidation sites excluding steroid dienone is 2. The summed E-state index contributed by atoms with van der Waals surface area (Å²) in [7, 11) is 0. The first-order valence-electron chi connectivity index (χ1n) is 8.18. The Bertz CT molecular complexity index is 987. The van der Waals surface area contributed by atoms with Crippen LogP contribution in [0.25, 0.3) is 0 Å². The van der Waals surface area contributed by atoms with E-state index in [-0.39, 0.29) is 17.5 Å². The number of halogens is 1. The second-order valence-electron chi connectivity index (χ2n) is 6.47. The number of rotatable bonds is 2. The molecule has 0 radical (unpaired) electrons. The van der Waals surface area contributed by atoms with Gasteiger partial charge in [-0.3, -0.25) is 14.6 Å². The van der Waals surface area contributed by atoms with Crippen molar-refractivity contribution in [1.29, 1.82) is 0 Å². The van der Waals surface area contributed by atoms with E-state index in [2.05, 4.69) is 20.9 Å². The fraction of sp³-hybridized carbons (Fsp3) is 0.190. The van der Waals surface area contributed by atoms with Crippen molar-refractivity contribution in [3.8, 4) is 0 Å². The summed E-state index contributed by atoms with van der Waals surface area (Å²) in [5.41, 5.74) is 4.66. The molecule has 0 fully saturated rings. The maximum absolute atomic E-state index is 13.1. The molecule has 0 spiro atoms. The van der Waals surface area contributed by atoms with Crippen molar-refractivity contribution in [3.63, 3.8) is 0 Å². The van der Waals surface area contributed by atoms with Crippen molar-refractivity contribution in [2.45, 2.75) is 19.8 Å². The van der Waals surface area contributed by atoms with Gasteiger partial charge in [0.15, 0.2) is 11.6 Å². The molecule has 2 aromatic carbocycles. The summed E-state index contributed by atoms with van der Waals surface area (Å²) in [6.45, 7) is 3.41. The lowest BCUT2D eigenvalue weighted by atomic mass is 9.74. The number of nitrogens with zero attached hydrogens (tertiary/aromatic N) is 1. The predicted octanol–water partition coefficient (Wildman–Crippen LogP) is 4.71. The van der Waals surface area contributed by atoms with Gasteiger partial charge in [0.1, 0.15) is 0 Å². The van der Waals surface area contributed by atoms with Crippen molar-refractivity contribution in [1.82, 2.24) is 0 Å². The van der Waals surface area contributed by atoms with E-state index < -0.39 is 5.92 Å². The third-order valence-electron chi connectivity index (χ3n) is 4.95. The van der Waals surface area contributed by atoms with Crippen molar-refractivity contribution < 1.29 is 9.59 Å². The highest BCUT2D eigenvalue weighted by Gasteiger charge is 2.46. The van der Waals surface area contributed by atoms with E-state index in [9.17, 15) is 9.59 Å². The van der Waals surface area contributed by atoms with Gasteiger partial charge in [-0.25, -0.2) is 0 Å². The Morgan fingerprint density at radius 1 is 1.04 bits per heavy atom. The molecule has 1 aliphatic heterocycles. The van der Waals surface area contributed by atoms with Crippen molar-refractivity contribution >= 4 is 33.2 Å². The second-order valence-corrected chi connectivity index (χ2v) is 7.39. The van der Waals surface area contributed by atoms with E-state index in [1.165, 1.54) is 0 Å². The van der Waals surface area contributed by atoms with E-state index in [0.717, 1.165) is 21.3 Å². The first-order valence-corrected chi connectivity index (χ1v) is 8.97. The van der Waals surface area contributed by atoms with Crippen molar-refractivity contribution in [3.05, 3.63) is 81.0 Å². The number of fused-ring (bicyclic) bond motifs is 3. The number of ketones is 2. The Hall–Kier alpha value is -2.33. The summed E-state index contributed by atoms with van der Waals surface area (Å²) in [6, 6.07) is 15.4. The van der Waals surface area contributed by atoms with Gasteiger partial charge in [-0.15, -0.1) is 0 Å². The number of aliphatic imine (C=N–C) groups is 1. The van der Waals surface area contributed by atoms with Crippen LogP contribution in [-0.2, 0) is 4.79 Å². The molecule has 25 heavy (non-hydrogen) atoms. The Morgan fingerprint density at radius 3 is 2.44 bits per heavy atom. The molecule has 0 amide bonds. The zero-order chi connectivity index (χ0) is 17.7. The van der Waals surface area contributed by atoms with Crippen LogP contribution >= 0.6 is 15.9 Å². The van der Waals surface area contributed by atoms with Gasteiger partial charge in [0, 0.05) is 32.8 Å². The number of Topliss-reactive ketones (excluding diaryl/α,β-unsaturated/α-hetero) is 2. The first kappa shape index (κ1) is 16.2. The summed E-state index contributed by atoms with van der Waals surface area (Å²) in [4.78, 5) is 30.2. The molecule has 4 rings (SSSR count). The molecule has 1 aliphatic carbocycles. The summed E-state index contributed by atoms with van der Waals surface area (Å²) in [5.74, 6) is -0.726. The molecule has 4 heteroatoms. The number of hydrogen-bond donors (Lipinski definition) is 0. The lowest BCUT2D eigenvalue weighted by Crippen LogP contribution is -2.31. The van der Waals surface area contributed by atoms with Crippen LogP contribution in [0.1, 0.15) is 41.3 Å². The molecule has 0 unspecified atom stereocenters. The van der Waals surface area contributed by atoms with E-state index in [4.69, 9.17) is 0 Å². The van der Waals surface area contributed by atoms with Gasteiger partial charge in [0.25, 0.3) is 0 Å². The molecular formula is C21H16BrNO2. The molecule has 0 aromatic heterocycles. The molecule has 0 N–H and O–H groups in total. The largest absolute Gasteiger partial charge is 0.295 e. The van der Waals surface area contributed by atoms with Crippen LogP contribution in [0.15, 0.2) is 69.3 Å². The van der Waals surface area contributed by atoms with Crippen LogP contribution < -0.4 is 0 Å². The van der Waals surface area contributed by atoms with Gasteiger partial charge in [0.2, 0.25) is 0 Å².